The molecule has 218 valence electrons. The van der Waals surface area contributed by atoms with Gasteiger partial charge in [-0.15, -0.1) is 0 Å². The zero-order chi connectivity index (χ0) is 27.5. The molecular weight excluding hydrogens is 490 g/mol. The molecule has 0 unspecified atom stereocenters. The van der Waals surface area contributed by atoms with Crippen molar-refractivity contribution in [3.63, 3.8) is 0 Å². The van der Waals surface area contributed by atoms with Gasteiger partial charge < -0.3 is 49.6 Å². The Hall–Kier alpha value is -0.770. The van der Waals surface area contributed by atoms with Crippen LogP contribution in [-0.2, 0) is 23.7 Å². The van der Waals surface area contributed by atoms with Crippen LogP contribution in [0.5, 0.6) is 0 Å². The molecule has 0 aromatic rings. The highest BCUT2D eigenvalue weighted by Gasteiger charge is 2.43. The quantitative estimate of drug-likeness (QED) is 0.131. The summed E-state index contributed by atoms with van der Waals surface area (Å²) in [5.74, 6) is 0.279. The Labute approximate surface area is 219 Å². The molecule has 2 aliphatic rings. The summed E-state index contributed by atoms with van der Waals surface area (Å²) in [4.78, 5) is 13.8. The zero-order valence-electron chi connectivity index (χ0n) is 22.2. The van der Waals surface area contributed by atoms with Crippen LogP contribution in [0.15, 0.2) is 0 Å². The number of carbonyl (C=O) groups is 1. The summed E-state index contributed by atoms with van der Waals surface area (Å²) in [6.45, 7) is 7.10. The maximum absolute atomic E-state index is 11.7. The van der Waals surface area contributed by atoms with Crippen molar-refractivity contribution in [3.8, 4) is 0 Å². The fourth-order valence-corrected chi connectivity index (χ4v) is 4.47. The van der Waals surface area contributed by atoms with E-state index in [2.05, 4.69) is 4.90 Å². The number of carbonyl (C=O) groups excluding carboxylic acids is 1. The molecule has 2 aliphatic heterocycles. The number of unbranched alkanes of at least 4 members (excludes halogenated alkanes) is 2. The maximum Gasteiger partial charge on any atom is 0.186 e. The van der Waals surface area contributed by atoms with Crippen LogP contribution in [0.25, 0.3) is 0 Å². The second kappa shape index (κ2) is 16.4. The molecular formula is C25H47NO11. The molecule has 2 rings (SSSR count). The second-order valence-corrected chi connectivity index (χ2v) is 10.0. The molecule has 0 saturated carbocycles. The summed E-state index contributed by atoms with van der Waals surface area (Å²) in [5.41, 5.74) is 0. The molecule has 10 atom stereocenters. The van der Waals surface area contributed by atoms with Crippen molar-refractivity contribution in [2.24, 2.45) is 0 Å². The van der Waals surface area contributed by atoms with Crippen molar-refractivity contribution in [2.75, 3.05) is 32.8 Å². The van der Waals surface area contributed by atoms with Crippen molar-refractivity contribution in [3.05, 3.63) is 0 Å². The lowest BCUT2D eigenvalue weighted by molar-refractivity contribution is -0.295. The number of ether oxygens (including phenoxy) is 4. The molecule has 6 N–H and O–H groups in total. The molecule has 0 radical (unpaired) electrons. The number of aliphatic hydroxyl groups is 6. The second-order valence-electron chi connectivity index (χ2n) is 10.0. The van der Waals surface area contributed by atoms with Crippen LogP contribution in [0.1, 0.15) is 59.3 Å². The zero-order valence-corrected chi connectivity index (χ0v) is 22.2. The summed E-state index contributed by atoms with van der Waals surface area (Å²) < 4.78 is 22.3. The van der Waals surface area contributed by atoms with E-state index in [9.17, 15) is 35.4 Å². The van der Waals surface area contributed by atoms with Crippen LogP contribution >= 0.6 is 0 Å². The summed E-state index contributed by atoms with van der Waals surface area (Å²) >= 11 is 0. The number of Topliss-reactive ketones (excluding diaryl/α,β-unsaturated/α-hetero) is 1. The first kappa shape index (κ1) is 32.4. The van der Waals surface area contributed by atoms with Crippen molar-refractivity contribution < 1.29 is 54.4 Å². The van der Waals surface area contributed by atoms with Gasteiger partial charge in [0.2, 0.25) is 0 Å². The van der Waals surface area contributed by atoms with E-state index in [1.54, 1.807) is 13.8 Å². The van der Waals surface area contributed by atoms with Gasteiger partial charge in [-0.2, -0.15) is 0 Å². The number of hydrogen-bond acceptors (Lipinski definition) is 12. The smallest absolute Gasteiger partial charge is 0.186 e. The lowest BCUT2D eigenvalue weighted by Gasteiger charge is -2.39. The van der Waals surface area contributed by atoms with Gasteiger partial charge in [-0.25, -0.2) is 0 Å². The molecule has 0 bridgehead atoms. The van der Waals surface area contributed by atoms with E-state index in [4.69, 9.17) is 18.9 Å². The first-order chi connectivity index (χ1) is 17.6. The van der Waals surface area contributed by atoms with Crippen LogP contribution in [0.4, 0.5) is 0 Å². The average Bonchev–Trinajstić information content (AvgIpc) is 2.87. The van der Waals surface area contributed by atoms with Crippen molar-refractivity contribution in [1.29, 1.82) is 0 Å². The lowest BCUT2D eigenvalue weighted by atomic mass is 10.0. The number of ketones is 1. The molecule has 0 amide bonds. The monoisotopic (exact) mass is 537 g/mol. The molecule has 37 heavy (non-hydrogen) atoms. The SMILES string of the molecule is CCCC(=O)CCCCCN(CCO[C@@H]1O[C@@H](C)[C@@H](O)[C@@H](O)[C@@H]1O)CCO[C@@H]1O[C@@H](C)[C@@H](O)[C@@H](O)[C@@H]1O. The highest BCUT2D eigenvalue weighted by molar-refractivity contribution is 5.78. The molecule has 12 heteroatoms. The van der Waals surface area contributed by atoms with Gasteiger partial charge in [0.25, 0.3) is 0 Å². The largest absolute Gasteiger partial charge is 0.388 e. The van der Waals surface area contributed by atoms with Crippen LogP contribution in [-0.4, -0.2) is 136 Å². The average molecular weight is 538 g/mol. The predicted octanol–water partition coefficient (Wildman–Crippen LogP) is -1.09. The molecule has 0 aromatic heterocycles. The minimum atomic E-state index is -1.38. The van der Waals surface area contributed by atoms with E-state index in [1.807, 2.05) is 6.92 Å². The number of hydrogen-bond donors (Lipinski definition) is 6. The van der Waals surface area contributed by atoms with E-state index >= 15 is 0 Å². The van der Waals surface area contributed by atoms with E-state index in [1.165, 1.54) is 0 Å². The minimum absolute atomic E-state index is 0.177. The van der Waals surface area contributed by atoms with Crippen LogP contribution in [0, 0.1) is 0 Å². The molecule has 2 heterocycles. The van der Waals surface area contributed by atoms with Gasteiger partial charge in [0.05, 0.1) is 25.4 Å². The van der Waals surface area contributed by atoms with E-state index in [0.717, 1.165) is 25.7 Å². The van der Waals surface area contributed by atoms with Gasteiger partial charge in [0.15, 0.2) is 12.6 Å². The Kier molecular flexibility index (Phi) is 14.3. The number of aliphatic hydroxyl groups excluding tert-OH is 6. The number of nitrogens with zero attached hydrogens (tertiary/aromatic N) is 1. The van der Waals surface area contributed by atoms with Gasteiger partial charge in [-0.1, -0.05) is 13.3 Å². The topological polar surface area (TPSA) is 179 Å². The Morgan fingerprint density at radius 1 is 0.676 bits per heavy atom. The normalized spacial score (nSPS) is 36.7. The summed E-state index contributed by atoms with van der Waals surface area (Å²) in [5, 5.41) is 59.9. The van der Waals surface area contributed by atoms with Gasteiger partial charge in [0.1, 0.15) is 42.4 Å². The van der Waals surface area contributed by atoms with Gasteiger partial charge >= 0.3 is 0 Å². The lowest BCUT2D eigenvalue weighted by Crippen LogP contribution is -2.57. The molecule has 2 fully saturated rings. The first-order valence-corrected chi connectivity index (χ1v) is 13.4. The predicted molar refractivity (Wildman–Crippen MR) is 131 cm³/mol. The third kappa shape index (κ3) is 10.0. The van der Waals surface area contributed by atoms with Crippen LogP contribution in [0.2, 0.25) is 0 Å². The fourth-order valence-electron chi connectivity index (χ4n) is 4.47. The number of rotatable bonds is 16. The summed E-state index contributed by atoms with van der Waals surface area (Å²) in [6, 6.07) is 0. The van der Waals surface area contributed by atoms with Gasteiger partial charge in [-0.3, -0.25) is 9.69 Å². The Bertz CT molecular complexity index is 616. The van der Waals surface area contributed by atoms with Crippen molar-refractivity contribution in [2.45, 2.75) is 121 Å². The highest BCUT2D eigenvalue weighted by atomic mass is 16.7. The maximum atomic E-state index is 11.7. The Morgan fingerprint density at radius 3 is 1.62 bits per heavy atom. The molecule has 12 nitrogen and oxygen atoms in total. The third-order valence-corrected chi connectivity index (χ3v) is 6.95. The van der Waals surface area contributed by atoms with Gasteiger partial charge in [0, 0.05) is 25.9 Å². The minimum Gasteiger partial charge on any atom is -0.388 e. The van der Waals surface area contributed by atoms with Crippen molar-refractivity contribution in [1.82, 2.24) is 4.90 Å². The third-order valence-electron chi connectivity index (χ3n) is 6.95. The highest BCUT2D eigenvalue weighted by Crippen LogP contribution is 2.23. The van der Waals surface area contributed by atoms with E-state index in [-0.39, 0.29) is 19.0 Å². The molecule has 0 aromatic carbocycles. The standard InChI is InChI=1S/C25H47NO11/c1-4-8-17(27)9-6-5-7-10-26(11-13-34-24-22(32)20(30)18(28)15(2)36-24)12-14-35-25-23(33)21(31)19(29)16(3)37-25/h15-16,18-25,28-33H,4-14H2,1-3H3/t15-,16-,18+,19+,20+,21+,22-,23-,24+,25+/m0/s1. The Morgan fingerprint density at radius 2 is 1.16 bits per heavy atom. The molecule has 2 saturated heterocycles. The first-order valence-electron chi connectivity index (χ1n) is 13.4. The molecule has 0 spiro atoms. The Balaban J connectivity index is 1.82. The van der Waals surface area contributed by atoms with Crippen molar-refractivity contribution >= 4 is 5.78 Å². The van der Waals surface area contributed by atoms with E-state index in [0.29, 0.717) is 32.5 Å². The van der Waals surface area contributed by atoms with Crippen LogP contribution in [0.3, 0.4) is 0 Å². The summed E-state index contributed by atoms with van der Waals surface area (Å²) in [7, 11) is 0. The fraction of sp³-hybridized carbons (Fsp3) is 0.960. The van der Waals surface area contributed by atoms with Gasteiger partial charge in [-0.05, 0) is 39.7 Å². The summed E-state index contributed by atoms with van der Waals surface area (Å²) in [6.07, 6.45) is -6.84. The van der Waals surface area contributed by atoms with Crippen LogP contribution < -0.4 is 0 Å². The molecule has 0 aliphatic carbocycles. The van der Waals surface area contributed by atoms with E-state index < -0.39 is 61.4 Å².